The maximum atomic E-state index is 11.2. The topological polar surface area (TPSA) is 93.8 Å². The first-order chi connectivity index (χ1) is 8.49. The molecule has 0 spiro atoms. The molecule has 0 amide bonds. The number of nitrogens with two attached hydrogens (primary N) is 1. The Hall–Kier alpha value is -2.02. The minimum atomic E-state index is -0.794. The Morgan fingerprint density at radius 1 is 1.39 bits per heavy atom. The number of benzene rings is 1. The van der Waals surface area contributed by atoms with Gasteiger partial charge in [0.25, 0.3) is 0 Å². The van der Waals surface area contributed by atoms with E-state index in [-0.39, 0.29) is 0 Å². The van der Waals surface area contributed by atoms with Gasteiger partial charge >= 0.3 is 11.1 Å². The molecule has 18 heavy (non-hydrogen) atoms. The van der Waals surface area contributed by atoms with Crippen molar-refractivity contribution in [2.24, 2.45) is 7.05 Å². The molecular formula is C11H12N4O2S. The van der Waals surface area contributed by atoms with Crippen LogP contribution in [0, 0.1) is 6.92 Å². The summed E-state index contributed by atoms with van der Waals surface area (Å²) in [6.45, 7) is 1.89. The van der Waals surface area contributed by atoms with E-state index >= 15 is 0 Å². The lowest BCUT2D eigenvalue weighted by molar-refractivity contribution is 0.596. The number of aromatic amines is 1. The van der Waals surface area contributed by atoms with E-state index in [0.29, 0.717) is 10.8 Å². The number of nitrogens with zero attached hydrogens (tertiary/aromatic N) is 2. The molecule has 0 aliphatic rings. The van der Waals surface area contributed by atoms with Crippen molar-refractivity contribution >= 4 is 17.4 Å². The van der Waals surface area contributed by atoms with Gasteiger partial charge in [-0.25, -0.2) is 0 Å². The number of hydrogen-bond acceptors (Lipinski definition) is 5. The number of H-pyrrole nitrogens is 1. The summed E-state index contributed by atoms with van der Waals surface area (Å²) >= 11 is 1.28. The quantitative estimate of drug-likeness (QED) is 0.609. The molecular weight excluding hydrogens is 252 g/mol. The molecule has 7 heteroatoms. The molecule has 94 valence electrons. The summed E-state index contributed by atoms with van der Waals surface area (Å²) in [7, 11) is 1.62. The van der Waals surface area contributed by atoms with E-state index in [0.717, 1.165) is 10.5 Å². The standard InChI is InChI=1S/C11H12N4O2S/c1-6-7(12)4-3-5-8(6)18-11-13-9(16)10(17)14-15(11)2/h3-5H,12H2,1-2H3,(H,14,17). The van der Waals surface area contributed by atoms with Gasteiger partial charge in [-0.15, -0.1) is 0 Å². The lowest BCUT2D eigenvalue weighted by atomic mass is 10.2. The second-order valence-electron chi connectivity index (χ2n) is 3.77. The molecule has 0 atom stereocenters. The fraction of sp³-hybridized carbons (Fsp3) is 0.182. The third kappa shape index (κ3) is 2.30. The summed E-state index contributed by atoms with van der Waals surface area (Å²) in [5, 5.41) is 2.81. The van der Waals surface area contributed by atoms with Crippen molar-refractivity contribution in [2.45, 2.75) is 17.0 Å². The lowest BCUT2D eigenvalue weighted by Gasteiger charge is -2.09. The second kappa shape index (κ2) is 4.69. The van der Waals surface area contributed by atoms with Crippen LogP contribution in [0.4, 0.5) is 5.69 Å². The maximum Gasteiger partial charge on any atom is 0.339 e. The maximum absolute atomic E-state index is 11.2. The van der Waals surface area contributed by atoms with Crippen LogP contribution in [-0.2, 0) is 7.05 Å². The summed E-state index contributed by atoms with van der Waals surface area (Å²) in [6, 6.07) is 5.51. The lowest BCUT2D eigenvalue weighted by Crippen LogP contribution is -2.33. The highest BCUT2D eigenvalue weighted by atomic mass is 32.2. The molecule has 1 aromatic carbocycles. The third-order valence-corrected chi connectivity index (χ3v) is 3.68. The predicted molar refractivity (Wildman–Crippen MR) is 69.8 cm³/mol. The van der Waals surface area contributed by atoms with Crippen LogP contribution in [0.1, 0.15) is 5.56 Å². The molecule has 0 aliphatic carbocycles. The molecule has 1 heterocycles. The summed E-state index contributed by atoms with van der Waals surface area (Å²) in [5.74, 6) is 0. The van der Waals surface area contributed by atoms with Crippen LogP contribution in [0.25, 0.3) is 0 Å². The number of aromatic nitrogens is 3. The Kier molecular flexibility index (Phi) is 3.24. The highest BCUT2D eigenvalue weighted by molar-refractivity contribution is 7.99. The van der Waals surface area contributed by atoms with Crippen LogP contribution in [0.2, 0.25) is 0 Å². The molecule has 6 nitrogen and oxygen atoms in total. The molecule has 0 radical (unpaired) electrons. The molecule has 0 aliphatic heterocycles. The Morgan fingerprint density at radius 2 is 2.11 bits per heavy atom. The van der Waals surface area contributed by atoms with Gasteiger partial charge in [0.05, 0.1) is 0 Å². The van der Waals surface area contributed by atoms with Crippen molar-refractivity contribution in [3.8, 4) is 0 Å². The molecule has 2 aromatic rings. The molecule has 0 saturated carbocycles. The van der Waals surface area contributed by atoms with Gasteiger partial charge < -0.3 is 5.73 Å². The first-order valence-electron chi connectivity index (χ1n) is 5.19. The fourth-order valence-electron chi connectivity index (χ4n) is 1.39. The van der Waals surface area contributed by atoms with Crippen LogP contribution in [-0.4, -0.2) is 14.8 Å². The highest BCUT2D eigenvalue weighted by Crippen LogP contribution is 2.29. The Morgan fingerprint density at radius 3 is 2.83 bits per heavy atom. The molecule has 0 fully saturated rings. The second-order valence-corrected chi connectivity index (χ2v) is 4.78. The number of anilines is 1. The van der Waals surface area contributed by atoms with E-state index < -0.39 is 11.1 Å². The zero-order valence-corrected chi connectivity index (χ0v) is 10.7. The summed E-state index contributed by atoms with van der Waals surface area (Å²) in [6.07, 6.45) is 0. The van der Waals surface area contributed by atoms with Crippen molar-refractivity contribution in [2.75, 3.05) is 5.73 Å². The average molecular weight is 264 g/mol. The first kappa shape index (κ1) is 12.4. The minimum Gasteiger partial charge on any atom is -0.398 e. The van der Waals surface area contributed by atoms with E-state index in [9.17, 15) is 9.59 Å². The van der Waals surface area contributed by atoms with Gasteiger partial charge in [0.15, 0.2) is 5.16 Å². The van der Waals surface area contributed by atoms with Crippen LogP contribution < -0.4 is 16.9 Å². The van der Waals surface area contributed by atoms with Gasteiger partial charge in [-0.3, -0.25) is 19.4 Å². The Balaban J connectivity index is 2.46. The summed E-state index contributed by atoms with van der Waals surface area (Å²) in [5.41, 5.74) is 5.88. The summed E-state index contributed by atoms with van der Waals surface area (Å²) < 4.78 is 1.41. The van der Waals surface area contributed by atoms with Gasteiger partial charge in [-0.05, 0) is 36.4 Å². The monoisotopic (exact) mass is 264 g/mol. The van der Waals surface area contributed by atoms with Gasteiger partial charge in [0, 0.05) is 17.6 Å². The minimum absolute atomic E-state index is 0.410. The number of nitrogen functional groups attached to an aromatic ring is 1. The molecule has 0 bridgehead atoms. The molecule has 2 rings (SSSR count). The van der Waals surface area contributed by atoms with Gasteiger partial charge in [-0.1, -0.05) is 6.07 Å². The van der Waals surface area contributed by atoms with Crippen molar-refractivity contribution in [1.82, 2.24) is 14.8 Å². The average Bonchev–Trinajstić information content (AvgIpc) is 2.32. The number of nitrogens with one attached hydrogen (secondary N) is 1. The van der Waals surface area contributed by atoms with Crippen LogP contribution in [0.5, 0.6) is 0 Å². The fourth-order valence-corrected chi connectivity index (χ4v) is 2.32. The van der Waals surface area contributed by atoms with Crippen LogP contribution in [0.15, 0.2) is 37.8 Å². The molecule has 0 unspecified atom stereocenters. The van der Waals surface area contributed by atoms with Gasteiger partial charge in [-0.2, -0.15) is 4.98 Å². The Labute approximate surface area is 107 Å². The molecule has 0 saturated heterocycles. The first-order valence-corrected chi connectivity index (χ1v) is 6.01. The number of aryl methyl sites for hydroxylation is 1. The van der Waals surface area contributed by atoms with E-state index in [1.807, 2.05) is 19.1 Å². The molecule has 1 aromatic heterocycles. The number of rotatable bonds is 2. The van der Waals surface area contributed by atoms with Crippen molar-refractivity contribution < 1.29 is 0 Å². The normalized spacial score (nSPS) is 10.6. The van der Waals surface area contributed by atoms with E-state index in [1.54, 1.807) is 13.1 Å². The zero-order valence-electron chi connectivity index (χ0n) is 9.93. The van der Waals surface area contributed by atoms with E-state index in [4.69, 9.17) is 5.73 Å². The Bertz CT molecular complexity index is 705. The van der Waals surface area contributed by atoms with Crippen molar-refractivity contribution in [3.05, 3.63) is 44.5 Å². The smallest absolute Gasteiger partial charge is 0.339 e. The van der Waals surface area contributed by atoms with E-state index in [2.05, 4.69) is 10.1 Å². The van der Waals surface area contributed by atoms with Crippen molar-refractivity contribution in [3.63, 3.8) is 0 Å². The SMILES string of the molecule is Cc1c(N)cccc1Sc1nc(=O)c(=O)[nH]n1C. The van der Waals surface area contributed by atoms with Crippen LogP contribution >= 0.6 is 11.8 Å². The van der Waals surface area contributed by atoms with Crippen molar-refractivity contribution in [1.29, 1.82) is 0 Å². The number of hydrogen-bond donors (Lipinski definition) is 2. The predicted octanol–water partition coefficient (Wildman–Crippen LogP) is 0.510. The van der Waals surface area contributed by atoms with Crippen LogP contribution in [0.3, 0.4) is 0 Å². The van der Waals surface area contributed by atoms with Gasteiger partial charge in [0.2, 0.25) is 0 Å². The highest BCUT2D eigenvalue weighted by Gasteiger charge is 2.08. The van der Waals surface area contributed by atoms with Gasteiger partial charge in [0.1, 0.15) is 0 Å². The van der Waals surface area contributed by atoms with E-state index in [1.165, 1.54) is 16.4 Å². The third-order valence-electron chi connectivity index (χ3n) is 2.47. The zero-order chi connectivity index (χ0) is 13.3. The largest absolute Gasteiger partial charge is 0.398 e. The summed E-state index contributed by atoms with van der Waals surface area (Å²) in [4.78, 5) is 26.9. The molecule has 3 N–H and O–H groups in total.